The summed E-state index contributed by atoms with van der Waals surface area (Å²) in [7, 11) is 0. The van der Waals surface area contributed by atoms with E-state index in [1.54, 1.807) is 18.2 Å². The number of aliphatic carboxylic acids is 1. The molecule has 0 fully saturated rings. The van der Waals surface area contributed by atoms with Gasteiger partial charge in [0.1, 0.15) is 0 Å². The summed E-state index contributed by atoms with van der Waals surface area (Å²) in [6.45, 7) is 1.89. The molecule has 1 aromatic carbocycles. The summed E-state index contributed by atoms with van der Waals surface area (Å²) in [4.78, 5) is 11.3. The number of nitriles is 1. The minimum atomic E-state index is -0.961. The van der Waals surface area contributed by atoms with Crippen LogP contribution in [0.2, 0.25) is 0 Å². The first kappa shape index (κ1) is 15.5. The second kappa shape index (κ2) is 8.49. The van der Waals surface area contributed by atoms with Gasteiger partial charge in [0.15, 0.2) is 0 Å². The molecular formula is C17H17NO2. The summed E-state index contributed by atoms with van der Waals surface area (Å²) in [5.41, 5.74) is 1.29. The molecule has 1 unspecified atom stereocenters. The van der Waals surface area contributed by atoms with Gasteiger partial charge in [0.05, 0.1) is 6.07 Å². The lowest BCUT2D eigenvalue weighted by atomic mass is 9.95. The lowest BCUT2D eigenvalue weighted by molar-refractivity contribution is -0.133. The lowest BCUT2D eigenvalue weighted by Crippen LogP contribution is -2.10. The van der Waals surface area contributed by atoms with E-state index >= 15 is 0 Å². The molecule has 102 valence electrons. The van der Waals surface area contributed by atoms with Crippen LogP contribution in [0.25, 0.3) is 6.08 Å². The molecule has 0 aliphatic carbocycles. The maximum absolute atomic E-state index is 11.3. The van der Waals surface area contributed by atoms with E-state index < -0.39 is 5.97 Å². The molecule has 0 saturated heterocycles. The van der Waals surface area contributed by atoms with E-state index in [-0.39, 0.29) is 11.5 Å². The number of carboxylic acid groups (broad SMARTS) is 1. The van der Waals surface area contributed by atoms with Crippen LogP contribution >= 0.6 is 0 Å². The van der Waals surface area contributed by atoms with E-state index in [9.17, 15) is 9.90 Å². The third-order valence-corrected chi connectivity index (χ3v) is 2.85. The Labute approximate surface area is 119 Å². The summed E-state index contributed by atoms with van der Waals surface area (Å²) in [5, 5.41) is 17.8. The van der Waals surface area contributed by atoms with Crippen LogP contribution in [-0.2, 0) is 4.79 Å². The lowest BCUT2D eigenvalue weighted by Gasteiger charge is -2.09. The highest BCUT2D eigenvalue weighted by Gasteiger charge is 2.15. The topological polar surface area (TPSA) is 61.1 Å². The van der Waals surface area contributed by atoms with Gasteiger partial charge >= 0.3 is 5.97 Å². The number of carbonyl (C=O) groups is 1. The quantitative estimate of drug-likeness (QED) is 0.484. The number of allylic oxidation sites excluding steroid dienone is 4. The molecule has 0 heterocycles. The third kappa shape index (κ3) is 4.95. The molecule has 0 spiro atoms. The number of hydrogen-bond donors (Lipinski definition) is 1. The van der Waals surface area contributed by atoms with Gasteiger partial charge in [-0.25, -0.2) is 4.79 Å². The van der Waals surface area contributed by atoms with Crippen LogP contribution in [0.4, 0.5) is 0 Å². The van der Waals surface area contributed by atoms with Gasteiger partial charge in [-0.15, -0.1) is 0 Å². The zero-order valence-electron chi connectivity index (χ0n) is 11.4. The van der Waals surface area contributed by atoms with Crippen LogP contribution in [0.5, 0.6) is 0 Å². The zero-order chi connectivity index (χ0) is 14.8. The van der Waals surface area contributed by atoms with Gasteiger partial charge in [-0.3, -0.25) is 0 Å². The van der Waals surface area contributed by atoms with Gasteiger partial charge < -0.3 is 5.11 Å². The maximum Gasteiger partial charge on any atom is 0.332 e. The molecule has 0 saturated carbocycles. The molecule has 1 aromatic rings. The van der Waals surface area contributed by atoms with Gasteiger partial charge in [-0.1, -0.05) is 61.6 Å². The largest absolute Gasteiger partial charge is 0.478 e. The van der Waals surface area contributed by atoms with Crippen LogP contribution in [0.3, 0.4) is 0 Å². The molecule has 0 aliphatic heterocycles. The van der Waals surface area contributed by atoms with Crippen LogP contribution in [0.1, 0.15) is 18.9 Å². The van der Waals surface area contributed by atoms with E-state index in [1.165, 1.54) is 6.08 Å². The standard InChI is InChI=1S/C17H17NO2/c1-2-15(11-7-13-18)16(17(19)20)12-6-10-14-8-4-3-5-9-14/h3-12,15H,2H2,1H3,(H,19,20). The van der Waals surface area contributed by atoms with E-state index in [0.717, 1.165) is 5.56 Å². The van der Waals surface area contributed by atoms with Crippen LogP contribution < -0.4 is 0 Å². The molecule has 1 rings (SSSR count). The average Bonchev–Trinajstić information content (AvgIpc) is 2.46. The number of nitrogens with zero attached hydrogens (tertiary/aromatic N) is 1. The van der Waals surface area contributed by atoms with Crippen molar-refractivity contribution in [3.05, 3.63) is 65.8 Å². The minimum absolute atomic E-state index is 0.257. The predicted molar refractivity (Wildman–Crippen MR) is 79.7 cm³/mol. The Morgan fingerprint density at radius 3 is 2.65 bits per heavy atom. The molecule has 1 atom stereocenters. The number of hydrogen-bond acceptors (Lipinski definition) is 2. The number of carboxylic acids is 1. The maximum atomic E-state index is 11.3. The highest BCUT2D eigenvalue weighted by atomic mass is 16.4. The molecule has 0 bridgehead atoms. The Kier molecular flexibility index (Phi) is 6.56. The van der Waals surface area contributed by atoms with Crippen molar-refractivity contribution in [2.75, 3.05) is 0 Å². The molecule has 0 radical (unpaired) electrons. The SMILES string of the molecule is CCC(C=CC#N)C(=CC=Cc1ccccc1)C(=O)O. The van der Waals surface area contributed by atoms with Crippen molar-refractivity contribution in [2.24, 2.45) is 5.92 Å². The summed E-state index contributed by atoms with van der Waals surface area (Å²) in [5.74, 6) is -1.22. The van der Waals surface area contributed by atoms with Gasteiger partial charge in [0.2, 0.25) is 0 Å². The van der Waals surface area contributed by atoms with Crippen molar-refractivity contribution in [2.45, 2.75) is 13.3 Å². The average molecular weight is 267 g/mol. The van der Waals surface area contributed by atoms with Gasteiger partial charge in [-0.05, 0) is 12.0 Å². The smallest absolute Gasteiger partial charge is 0.332 e. The predicted octanol–water partition coefficient (Wildman–Crippen LogP) is 3.82. The fourth-order valence-corrected chi connectivity index (χ4v) is 1.80. The fourth-order valence-electron chi connectivity index (χ4n) is 1.80. The van der Waals surface area contributed by atoms with E-state index in [0.29, 0.717) is 6.42 Å². The van der Waals surface area contributed by atoms with Gasteiger partial charge in [0, 0.05) is 17.6 Å². The van der Waals surface area contributed by atoms with E-state index in [2.05, 4.69) is 0 Å². The minimum Gasteiger partial charge on any atom is -0.478 e. The van der Waals surface area contributed by atoms with Crippen molar-refractivity contribution in [3.8, 4) is 6.07 Å². The van der Waals surface area contributed by atoms with Gasteiger partial charge in [-0.2, -0.15) is 5.26 Å². The van der Waals surface area contributed by atoms with E-state index in [1.807, 2.05) is 49.4 Å². The first-order valence-electron chi connectivity index (χ1n) is 6.42. The van der Waals surface area contributed by atoms with E-state index in [4.69, 9.17) is 5.26 Å². The highest BCUT2D eigenvalue weighted by Crippen LogP contribution is 2.17. The Morgan fingerprint density at radius 1 is 1.40 bits per heavy atom. The number of benzene rings is 1. The van der Waals surface area contributed by atoms with Crippen LogP contribution in [-0.4, -0.2) is 11.1 Å². The van der Waals surface area contributed by atoms with Crippen molar-refractivity contribution in [1.29, 1.82) is 5.26 Å². The molecule has 3 heteroatoms. The Balaban J connectivity index is 2.93. The van der Waals surface area contributed by atoms with Crippen molar-refractivity contribution >= 4 is 12.0 Å². The summed E-state index contributed by atoms with van der Waals surface area (Å²) in [6.07, 6.45) is 8.74. The normalized spacial score (nSPS) is 13.5. The molecule has 1 N–H and O–H groups in total. The zero-order valence-corrected chi connectivity index (χ0v) is 11.4. The second-order valence-corrected chi connectivity index (χ2v) is 4.20. The molecule has 0 aromatic heterocycles. The first-order valence-corrected chi connectivity index (χ1v) is 6.42. The summed E-state index contributed by atoms with van der Waals surface area (Å²) < 4.78 is 0. The van der Waals surface area contributed by atoms with Crippen molar-refractivity contribution < 1.29 is 9.90 Å². The molecule has 0 amide bonds. The van der Waals surface area contributed by atoms with Gasteiger partial charge in [0.25, 0.3) is 0 Å². The Morgan fingerprint density at radius 2 is 2.10 bits per heavy atom. The summed E-state index contributed by atoms with van der Waals surface area (Å²) >= 11 is 0. The number of rotatable bonds is 6. The first-order chi connectivity index (χ1) is 9.69. The fraction of sp³-hybridized carbons (Fsp3) is 0.176. The van der Waals surface area contributed by atoms with Crippen molar-refractivity contribution in [1.82, 2.24) is 0 Å². The van der Waals surface area contributed by atoms with Crippen LogP contribution in [0.15, 0.2) is 60.2 Å². The molecular weight excluding hydrogens is 250 g/mol. The second-order valence-electron chi connectivity index (χ2n) is 4.20. The Bertz CT molecular complexity index is 562. The van der Waals surface area contributed by atoms with Crippen LogP contribution in [0, 0.1) is 17.2 Å². The molecule has 20 heavy (non-hydrogen) atoms. The highest BCUT2D eigenvalue weighted by molar-refractivity contribution is 5.88. The molecule has 0 aliphatic rings. The Hall–Kier alpha value is -2.60. The molecule has 3 nitrogen and oxygen atoms in total. The third-order valence-electron chi connectivity index (χ3n) is 2.85. The van der Waals surface area contributed by atoms with Crippen molar-refractivity contribution in [3.63, 3.8) is 0 Å². The summed E-state index contributed by atoms with van der Waals surface area (Å²) in [6, 6.07) is 11.5. The monoisotopic (exact) mass is 267 g/mol.